The topological polar surface area (TPSA) is 102 Å². The van der Waals surface area contributed by atoms with Gasteiger partial charge in [-0.1, -0.05) is 20.3 Å². The summed E-state index contributed by atoms with van der Waals surface area (Å²) in [4.78, 5) is 37.2. The Labute approximate surface area is 125 Å². The number of urea groups is 1. The van der Waals surface area contributed by atoms with Gasteiger partial charge in [-0.15, -0.1) is 0 Å². The molecule has 7 nitrogen and oxygen atoms in total. The second-order valence-electron chi connectivity index (χ2n) is 5.44. The Balaban J connectivity index is 2.93. The molecule has 0 spiro atoms. The molecule has 1 aliphatic heterocycles. The lowest BCUT2D eigenvalue weighted by Crippen LogP contribution is -2.58. The lowest BCUT2D eigenvalue weighted by Gasteiger charge is -2.37. The molecule has 120 valence electrons. The average molecular weight is 299 g/mol. The molecule has 21 heavy (non-hydrogen) atoms. The van der Waals surface area contributed by atoms with Crippen LogP contribution in [0.1, 0.15) is 39.5 Å². The summed E-state index contributed by atoms with van der Waals surface area (Å²) in [6, 6.07) is -2.02. The van der Waals surface area contributed by atoms with Crippen LogP contribution in [0.25, 0.3) is 0 Å². The van der Waals surface area contributed by atoms with Gasteiger partial charge in [-0.05, 0) is 25.2 Å². The van der Waals surface area contributed by atoms with Gasteiger partial charge in [0.1, 0.15) is 12.1 Å². The number of carbonyl (C=O) groups is 3. The van der Waals surface area contributed by atoms with E-state index in [1.54, 1.807) is 0 Å². The minimum Gasteiger partial charge on any atom is -0.467 e. The third-order valence-corrected chi connectivity index (χ3v) is 4.04. The number of methoxy groups -OCH3 is 1. The van der Waals surface area contributed by atoms with Crippen molar-refractivity contribution in [2.45, 2.75) is 51.6 Å². The summed E-state index contributed by atoms with van der Waals surface area (Å²) >= 11 is 0. The smallest absolute Gasteiger partial charge is 0.328 e. The number of carbonyl (C=O) groups excluding carboxylic acids is 3. The highest BCUT2D eigenvalue weighted by Gasteiger charge is 2.37. The molecular formula is C14H25N3O4. The van der Waals surface area contributed by atoms with Crippen molar-refractivity contribution in [3.05, 3.63) is 0 Å². The summed E-state index contributed by atoms with van der Waals surface area (Å²) in [6.07, 6.45) is 3.01. The predicted molar refractivity (Wildman–Crippen MR) is 77.3 cm³/mol. The van der Waals surface area contributed by atoms with E-state index >= 15 is 0 Å². The van der Waals surface area contributed by atoms with Crippen molar-refractivity contribution >= 4 is 17.9 Å². The van der Waals surface area contributed by atoms with Crippen LogP contribution in [0.3, 0.4) is 0 Å². The standard InChI is InChI=1S/C14H25N3O4/c1-4-9(2)11(16-14(15)20)12(18)17-8-6-5-7-10(17)13(19)21-3/h9-11H,4-8H2,1-3H3,(H3,15,16,20). The Bertz CT molecular complexity index is 400. The summed E-state index contributed by atoms with van der Waals surface area (Å²) < 4.78 is 4.77. The maximum atomic E-state index is 12.7. The molecule has 3 N–H and O–H groups in total. The number of nitrogens with zero attached hydrogens (tertiary/aromatic N) is 1. The van der Waals surface area contributed by atoms with Crippen LogP contribution in [0, 0.1) is 5.92 Å². The Hall–Kier alpha value is -1.79. The van der Waals surface area contributed by atoms with Gasteiger partial charge in [-0.25, -0.2) is 9.59 Å². The second-order valence-corrected chi connectivity index (χ2v) is 5.44. The summed E-state index contributed by atoms with van der Waals surface area (Å²) in [5.74, 6) is -0.742. The molecule has 7 heteroatoms. The largest absolute Gasteiger partial charge is 0.467 e. The van der Waals surface area contributed by atoms with Crippen molar-refractivity contribution in [3.8, 4) is 0 Å². The number of hydrogen-bond acceptors (Lipinski definition) is 4. The molecule has 3 amide bonds. The number of hydrogen-bond donors (Lipinski definition) is 2. The molecule has 0 aromatic rings. The number of ether oxygens (including phenoxy) is 1. The van der Waals surface area contributed by atoms with Crippen LogP contribution in [-0.2, 0) is 14.3 Å². The third kappa shape index (κ3) is 4.34. The van der Waals surface area contributed by atoms with Crippen molar-refractivity contribution < 1.29 is 19.1 Å². The van der Waals surface area contributed by atoms with Crippen LogP contribution < -0.4 is 11.1 Å². The van der Waals surface area contributed by atoms with E-state index in [0.29, 0.717) is 19.4 Å². The summed E-state index contributed by atoms with van der Waals surface area (Å²) in [5.41, 5.74) is 5.16. The highest BCUT2D eigenvalue weighted by Crippen LogP contribution is 2.21. The lowest BCUT2D eigenvalue weighted by atomic mass is 9.95. The first-order chi connectivity index (χ1) is 9.92. The van der Waals surface area contributed by atoms with Crippen LogP contribution in [0.5, 0.6) is 0 Å². The predicted octanol–water partition coefficient (Wildman–Crippen LogP) is 0.624. The van der Waals surface area contributed by atoms with Gasteiger partial charge in [0.25, 0.3) is 0 Å². The fourth-order valence-electron chi connectivity index (χ4n) is 2.59. The van der Waals surface area contributed by atoms with Crippen molar-refractivity contribution in [2.24, 2.45) is 11.7 Å². The van der Waals surface area contributed by atoms with E-state index in [1.807, 2.05) is 13.8 Å². The normalized spacial score (nSPS) is 21.3. The molecule has 0 aliphatic carbocycles. The Morgan fingerprint density at radius 1 is 1.38 bits per heavy atom. The van der Waals surface area contributed by atoms with E-state index in [2.05, 4.69) is 5.32 Å². The first kappa shape index (κ1) is 17.3. The molecule has 1 heterocycles. The van der Waals surface area contributed by atoms with E-state index in [1.165, 1.54) is 12.0 Å². The number of nitrogens with two attached hydrogens (primary N) is 1. The molecule has 3 atom stereocenters. The van der Waals surface area contributed by atoms with E-state index in [0.717, 1.165) is 12.8 Å². The van der Waals surface area contributed by atoms with Crippen molar-refractivity contribution in [1.82, 2.24) is 10.2 Å². The van der Waals surface area contributed by atoms with Gasteiger partial charge in [0.15, 0.2) is 0 Å². The molecule has 0 saturated carbocycles. The van der Waals surface area contributed by atoms with Gasteiger partial charge in [-0.3, -0.25) is 4.79 Å². The van der Waals surface area contributed by atoms with Crippen LogP contribution in [0.4, 0.5) is 4.79 Å². The Morgan fingerprint density at radius 2 is 2.05 bits per heavy atom. The molecule has 0 aromatic carbocycles. The van der Waals surface area contributed by atoms with Gasteiger partial charge in [0, 0.05) is 6.54 Å². The highest BCUT2D eigenvalue weighted by atomic mass is 16.5. The van der Waals surface area contributed by atoms with Gasteiger partial charge < -0.3 is 20.7 Å². The zero-order valence-corrected chi connectivity index (χ0v) is 12.9. The zero-order chi connectivity index (χ0) is 16.0. The first-order valence-electron chi connectivity index (χ1n) is 7.36. The first-order valence-corrected chi connectivity index (χ1v) is 7.36. The minimum atomic E-state index is -0.736. The molecule has 1 aliphatic rings. The van der Waals surface area contributed by atoms with E-state index in [4.69, 9.17) is 10.5 Å². The minimum absolute atomic E-state index is 0.0646. The Kier molecular flexibility index (Phi) is 6.45. The molecule has 1 rings (SSSR count). The second kappa shape index (κ2) is 7.85. The third-order valence-electron chi connectivity index (χ3n) is 4.04. The van der Waals surface area contributed by atoms with Gasteiger partial charge in [0.2, 0.25) is 5.91 Å². The molecule has 1 fully saturated rings. The van der Waals surface area contributed by atoms with E-state index in [9.17, 15) is 14.4 Å². The molecule has 0 bridgehead atoms. The molecular weight excluding hydrogens is 274 g/mol. The van der Waals surface area contributed by atoms with Gasteiger partial charge in [0.05, 0.1) is 7.11 Å². The maximum absolute atomic E-state index is 12.7. The summed E-state index contributed by atoms with van der Waals surface area (Å²) in [5, 5.41) is 2.50. The lowest BCUT2D eigenvalue weighted by molar-refractivity contribution is -0.155. The van der Waals surface area contributed by atoms with Gasteiger partial charge in [-0.2, -0.15) is 0 Å². The van der Waals surface area contributed by atoms with Crippen molar-refractivity contribution in [1.29, 1.82) is 0 Å². The molecule has 0 radical (unpaired) electrons. The van der Waals surface area contributed by atoms with Gasteiger partial charge >= 0.3 is 12.0 Å². The van der Waals surface area contributed by atoms with E-state index in [-0.39, 0.29) is 11.8 Å². The van der Waals surface area contributed by atoms with Crippen LogP contribution in [0.15, 0.2) is 0 Å². The van der Waals surface area contributed by atoms with E-state index < -0.39 is 24.1 Å². The molecule has 0 aromatic heterocycles. The van der Waals surface area contributed by atoms with Crippen molar-refractivity contribution in [2.75, 3.05) is 13.7 Å². The fourth-order valence-corrected chi connectivity index (χ4v) is 2.59. The number of nitrogens with one attached hydrogen (secondary N) is 1. The van der Waals surface area contributed by atoms with Crippen molar-refractivity contribution in [3.63, 3.8) is 0 Å². The number of amides is 3. The summed E-state index contributed by atoms with van der Waals surface area (Å²) in [7, 11) is 1.31. The van der Waals surface area contributed by atoms with Crippen LogP contribution >= 0.6 is 0 Å². The quantitative estimate of drug-likeness (QED) is 0.727. The average Bonchev–Trinajstić information content (AvgIpc) is 2.50. The number of esters is 1. The zero-order valence-electron chi connectivity index (χ0n) is 12.9. The molecule has 3 unspecified atom stereocenters. The SMILES string of the molecule is CCC(C)C(NC(N)=O)C(=O)N1CCCCC1C(=O)OC. The maximum Gasteiger partial charge on any atom is 0.328 e. The highest BCUT2D eigenvalue weighted by molar-refractivity contribution is 5.90. The molecule has 1 saturated heterocycles. The van der Waals surface area contributed by atoms with Crippen LogP contribution in [-0.4, -0.2) is 48.5 Å². The van der Waals surface area contributed by atoms with Crippen LogP contribution in [0.2, 0.25) is 0 Å². The number of rotatable bonds is 5. The Morgan fingerprint density at radius 3 is 2.57 bits per heavy atom. The number of primary amides is 1. The fraction of sp³-hybridized carbons (Fsp3) is 0.786. The summed E-state index contributed by atoms with van der Waals surface area (Å²) in [6.45, 7) is 4.29. The monoisotopic (exact) mass is 299 g/mol. The number of likely N-dealkylation sites (tertiary alicyclic amines) is 1. The number of piperidine rings is 1.